The molecule has 2 aromatic heterocycles. The molecule has 0 unspecified atom stereocenters. The van der Waals surface area contributed by atoms with Gasteiger partial charge in [0.05, 0.1) is 0 Å². The Labute approximate surface area is 85.8 Å². The summed E-state index contributed by atoms with van der Waals surface area (Å²) in [6.07, 6.45) is 3.34. The van der Waals surface area contributed by atoms with Gasteiger partial charge in [0.25, 0.3) is 0 Å². The number of rotatable bonds is 2. The van der Waals surface area contributed by atoms with Crippen molar-refractivity contribution in [2.45, 2.75) is 13.5 Å². The minimum absolute atomic E-state index is 0.523. The van der Waals surface area contributed by atoms with Crippen LogP contribution in [-0.2, 0) is 6.54 Å². The van der Waals surface area contributed by atoms with E-state index in [0.717, 1.165) is 6.54 Å². The van der Waals surface area contributed by atoms with Gasteiger partial charge in [0.1, 0.15) is 0 Å². The first-order chi connectivity index (χ1) is 6.81. The van der Waals surface area contributed by atoms with E-state index in [1.54, 1.807) is 23.1 Å². The summed E-state index contributed by atoms with van der Waals surface area (Å²) >= 11 is 5.04. The number of hydrogen-bond donors (Lipinski definition) is 1. The first-order valence-corrected chi connectivity index (χ1v) is 4.66. The Balaban J connectivity index is 2.48. The Kier molecular flexibility index (Phi) is 2.36. The molecule has 0 saturated carbocycles. The van der Waals surface area contributed by atoms with E-state index < -0.39 is 0 Å². The molecule has 72 valence electrons. The van der Waals surface area contributed by atoms with Gasteiger partial charge >= 0.3 is 0 Å². The number of H-pyrrole nitrogens is 1. The fraction of sp³-hybridized carbons (Fsp3) is 0.250. The Morgan fingerprint density at radius 1 is 1.43 bits per heavy atom. The van der Waals surface area contributed by atoms with E-state index in [9.17, 15) is 0 Å². The van der Waals surface area contributed by atoms with Gasteiger partial charge in [-0.1, -0.05) is 0 Å². The lowest BCUT2D eigenvalue weighted by molar-refractivity contribution is 0.649. The van der Waals surface area contributed by atoms with Crippen molar-refractivity contribution in [1.29, 1.82) is 0 Å². The molecule has 5 nitrogen and oxygen atoms in total. The molecule has 14 heavy (non-hydrogen) atoms. The highest BCUT2D eigenvalue weighted by atomic mass is 32.1. The van der Waals surface area contributed by atoms with Gasteiger partial charge in [-0.2, -0.15) is 4.98 Å². The fourth-order valence-electron chi connectivity index (χ4n) is 1.09. The SMILES string of the molecule is CCn1[nH]c(-c2ncccn2)nc1=S. The van der Waals surface area contributed by atoms with Crippen LogP contribution in [0.1, 0.15) is 6.92 Å². The Hall–Kier alpha value is -1.56. The summed E-state index contributed by atoms with van der Waals surface area (Å²) in [5.41, 5.74) is 0. The van der Waals surface area contributed by atoms with Crippen molar-refractivity contribution < 1.29 is 0 Å². The third-order valence-electron chi connectivity index (χ3n) is 1.77. The summed E-state index contributed by atoms with van der Waals surface area (Å²) < 4.78 is 2.29. The Bertz CT molecular complexity index is 472. The second-order valence-electron chi connectivity index (χ2n) is 2.67. The number of nitrogens with one attached hydrogen (secondary N) is 1. The Morgan fingerprint density at radius 3 is 2.71 bits per heavy atom. The first-order valence-electron chi connectivity index (χ1n) is 4.25. The van der Waals surface area contributed by atoms with Gasteiger partial charge in [-0.15, -0.1) is 0 Å². The molecule has 0 amide bonds. The van der Waals surface area contributed by atoms with Crippen LogP contribution in [0, 0.1) is 4.77 Å². The summed E-state index contributed by atoms with van der Waals surface area (Å²) in [5.74, 6) is 1.17. The number of aryl methyl sites for hydroxylation is 1. The van der Waals surface area contributed by atoms with Crippen molar-refractivity contribution >= 4 is 12.2 Å². The van der Waals surface area contributed by atoms with Crippen molar-refractivity contribution in [1.82, 2.24) is 24.7 Å². The van der Waals surface area contributed by atoms with Gasteiger partial charge < -0.3 is 0 Å². The molecule has 0 bridgehead atoms. The molecule has 2 rings (SSSR count). The number of hydrogen-bond acceptors (Lipinski definition) is 4. The highest BCUT2D eigenvalue weighted by molar-refractivity contribution is 7.71. The average molecular weight is 207 g/mol. The highest BCUT2D eigenvalue weighted by Gasteiger charge is 2.05. The van der Waals surface area contributed by atoms with Crippen molar-refractivity contribution in [2.24, 2.45) is 0 Å². The molecule has 0 radical (unpaired) electrons. The lowest BCUT2D eigenvalue weighted by Gasteiger charge is -1.94. The maximum atomic E-state index is 5.04. The van der Waals surface area contributed by atoms with Crippen LogP contribution in [0.25, 0.3) is 11.6 Å². The molecule has 0 saturated heterocycles. The van der Waals surface area contributed by atoms with E-state index in [4.69, 9.17) is 12.2 Å². The Morgan fingerprint density at radius 2 is 2.14 bits per heavy atom. The zero-order chi connectivity index (χ0) is 9.97. The maximum absolute atomic E-state index is 5.04. The summed E-state index contributed by atoms with van der Waals surface area (Å²) in [5, 5.41) is 3.02. The van der Waals surface area contributed by atoms with E-state index in [2.05, 4.69) is 20.1 Å². The van der Waals surface area contributed by atoms with Gasteiger partial charge in [0.15, 0.2) is 11.6 Å². The van der Waals surface area contributed by atoms with Gasteiger partial charge in [-0.05, 0) is 25.2 Å². The topological polar surface area (TPSA) is 59.4 Å². The minimum Gasteiger partial charge on any atom is -0.276 e. The number of aromatic amines is 1. The van der Waals surface area contributed by atoms with Crippen molar-refractivity contribution in [3.05, 3.63) is 23.2 Å². The van der Waals surface area contributed by atoms with Crippen LogP contribution in [0.4, 0.5) is 0 Å². The third-order valence-corrected chi connectivity index (χ3v) is 2.08. The number of aromatic nitrogens is 5. The molecule has 0 fully saturated rings. The van der Waals surface area contributed by atoms with E-state index in [-0.39, 0.29) is 0 Å². The van der Waals surface area contributed by atoms with Crippen LogP contribution in [0.3, 0.4) is 0 Å². The standard InChI is InChI=1S/C8H9N5S/c1-2-13-8(14)11-7(12-13)6-9-4-3-5-10-6/h3-5H,2H2,1H3,(H,11,12,14). The smallest absolute Gasteiger partial charge is 0.216 e. The predicted octanol–water partition coefficient (Wildman–Crippen LogP) is 1.42. The molecule has 0 aliphatic rings. The van der Waals surface area contributed by atoms with Crippen molar-refractivity contribution in [3.63, 3.8) is 0 Å². The molecule has 0 aliphatic carbocycles. The largest absolute Gasteiger partial charge is 0.276 e. The maximum Gasteiger partial charge on any atom is 0.216 e. The monoisotopic (exact) mass is 207 g/mol. The van der Waals surface area contributed by atoms with Crippen LogP contribution in [-0.4, -0.2) is 24.7 Å². The van der Waals surface area contributed by atoms with Crippen LogP contribution < -0.4 is 0 Å². The van der Waals surface area contributed by atoms with E-state index in [1.165, 1.54) is 0 Å². The summed E-state index contributed by atoms with van der Waals surface area (Å²) in [6.45, 7) is 2.75. The highest BCUT2D eigenvalue weighted by Crippen LogP contribution is 2.06. The second kappa shape index (κ2) is 3.67. The molecule has 0 aliphatic heterocycles. The van der Waals surface area contributed by atoms with Crippen molar-refractivity contribution in [3.8, 4) is 11.6 Å². The van der Waals surface area contributed by atoms with Crippen LogP contribution in [0.2, 0.25) is 0 Å². The predicted molar refractivity (Wildman–Crippen MR) is 54.1 cm³/mol. The molecule has 0 atom stereocenters. The molecular formula is C8H9N5S. The third kappa shape index (κ3) is 1.56. The lowest BCUT2D eigenvalue weighted by atomic mass is 10.5. The fourth-order valence-corrected chi connectivity index (χ4v) is 1.36. The zero-order valence-corrected chi connectivity index (χ0v) is 8.45. The van der Waals surface area contributed by atoms with Crippen molar-refractivity contribution in [2.75, 3.05) is 0 Å². The second-order valence-corrected chi connectivity index (χ2v) is 3.04. The van der Waals surface area contributed by atoms with Gasteiger partial charge in [0, 0.05) is 18.9 Å². The molecule has 6 heteroatoms. The molecule has 1 N–H and O–H groups in total. The minimum atomic E-state index is 0.523. The lowest BCUT2D eigenvalue weighted by Crippen LogP contribution is -1.96. The molecule has 2 aromatic rings. The van der Waals surface area contributed by atoms with E-state index in [1.807, 2.05) is 6.92 Å². The summed E-state index contributed by atoms with van der Waals surface area (Å²) in [7, 11) is 0. The van der Waals surface area contributed by atoms with E-state index in [0.29, 0.717) is 16.4 Å². The van der Waals surface area contributed by atoms with E-state index >= 15 is 0 Å². The van der Waals surface area contributed by atoms with Crippen LogP contribution in [0.15, 0.2) is 18.5 Å². The summed E-state index contributed by atoms with van der Waals surface area (Å²) in [6, 6.07) is 1.76. The van der Waals surface area contributed by atoms with Gasteiger partial charge in [-0.3, -0.25) is 9.78 Å². The molecule has 0 aromatic carbocycles. The zero-order valence-electron chi connectivity index (χ0n) is 7.64. The number of nitrogens with zero attached hydrogens (tertiary/aromatic N) is 4. The molecule has 2 heterocycles. The summed E-state index contributed by atoms with van der Waals surface area (Å²) in [4.78, 5) is 12.3. The normalized spacial score (nSPS) is 10.4. The van der Waals surface area contributed by atoms with Gasteiger partial charge in [-0.25, -0.2) is 9.97 Å². The molecular weight excluding hydrogens is 198 g/mol. The van der Waals surface area contributed by atoms with Crippen LogP contribution >= 0.6 is 12.2 Å². The van der Waals surface area contributed by atoms with Gasteiger partial charge in [0.2, 0.25) is 4.77 Å². The quantitative estimate of drug-likeness (QED) is 0.756. The average Bonchev–Trinajstić information content (AvgIpc) is 2.61. The van der Waals surface area contributed by atoms with Crippen LogP contribution in [0.5, 0.6) is 0 Å². The molecule has 0 spiro atoms. The first kappa shape index (κ1) is 9.01.